The highest BCUT2D eigenvalue weighted by Crippen LogP contribution is 2.54. The zero-order valence-corrected chi connectivity index (χ0v) is 32.4. The van der Waals surface area contributed by atoms with Crippen LogP contribution in [0.1, 0.15) is 25.0 Å². The van der Waals surface area contributed by atoms with Gasteiger partial charge in [0.05, 0.1) is 5.69 Å². The van der Waals surface area contributed by atoms with E-state index in [1.165, 1.54) is 33.4 Å². The van der Waals surface area contributed by atoms with E-state index in [9.17, 15) is 0 Å². The normalized spacial score (nSPS) is 12.4. The number of hydrogen-bond acceptors (Lipinski definition) is 4. The number of nitrogens with zero attached hydrogens (tertiary/aromatic N) is 4. The molecule has 0 aliphatic heterocycles. The van der Waals surface area contributed by atoms with Crippen molar-refractivity contribution in [3.8, 4) is 67.5 Å². The van der Waals surface area contributed by atoms with Gasteiger partial charge in [0.1, 0.15) is 0 Å². The molecule has 0 atom stereocenters. The minimum absolute atomic E-state index is 0.122. The fourth-order valence-electron chi connectivity index (χ4n) is 8.38. The van der Waals surface area contributed by atoms with Crippen LogP contribution in [-0.4, -0.2) is 15.0 Å². The van der Waals surface area contributed by atoms with Crippen molar-refractivity contribution in [2.24, 2.45) is 0 Å². The summed E-state index contributed by atoms with van der Waals surface area (Å²) in [5.41, 5.74) is 15.8. The summed E-state index contributed by atoms with van der Waals surface area (Å²) in [6.45, 7) is 4.68. The molecule has 276 valence electrons. The number of hydrogen-bond donors (Lipinski definition) is 0. The molecular weight excluding hydrogens is 705 g/mol. The standard InChI is InChI=1S/C54H40N4/c1-54(2)47-28-13-12-27-46(47)50-48(54)29-16-30-49(50)58(44-33-31-38(32-34-44)37-17-6-3-7-18-37)45-26-15-24-42(36-45)41-23-14-25-43(35-41)53-56-51(39-19-8-4-9-20-39)55-52(57-53)40-21-10-5-11-22-40/h3-36H,1-2H3. The molecule has 0 unspecified atom stereocenters. The molecule has 1 aliphatic rings. The Labute approximate surface area is 339 Å². The smallest absolute Gasteiger partial charge is 0.164 e. The zero-order chi connectivity index (χ0) is 39.1. The molecule has 0 spiro atoms. The Morgan fingerprint density at radius 3 is 1.47 bits per heavy atom. The summed E-state index contributed by atoms with van der Waals surface area (Å²) in [7, 11) is 0. The molecule has 10 rings (SSSR count). The van der Waals surface area contributed by atoms with Crippen LogP contribution in [0.2, 0.25) is 0 Å². The number of benzene rings is 8. The molecule has 4 heteroatoms. The van der Waals surface area contributed by atoms with Gasteiger partial charge in [0.2, 0.25) is 0 Å². The summed E-state index contributed by atoms with van der Waals surface area (Å²) >= 11 is 0. The Morgan fingerprint density at radius 2 is 0.810 bits per heavy atom. The third kappa shape index (κ3) is 6.35. The molecular formula is C54H40N4. The molecule has 0 saturated heterocycles. The third-order valence-corrected chi connectivity index (χ3v) is 11.3. The first-order valence-electron chi connectivity index (χ1n) is 19.8. The van der Waals surface area contributed by atoms with Crippen molar-refractivity contribution in [3.63, 3.8) is 0 Å². The number of anilines is 3. The minimum atomic E-state index is -0.122. The van der Waals surface area contributed by atoms with Crippen molar-refractivity contribution < 1.29 is 0 Å². The molecule has 0 N–H and O–H groups in total. The maximum Gasteiger partial charge on any atom is 0.164 e. The van der Waals surface area contributed by atoms with Crippen LogP contribution in [0.5, 0.6) is 0 Å². The highest BCUT2D eigenvalue weighted by Gasteiger charge is 2.37. The molecule has 1 aromatic heterocycles. The van der Waals surface area contributed by atoms with Gasteiger partial charge in [-0.3, -0.25) is 0 Å². The second-order valence-corrected chi connectivity index (χ2v) is 15.3. The lowest BCUT2D eigenvalue weighted by molar-refractivity contribution is 0.660. The van der Waals surface area contributed by atoms with E-state index in [-0.39, 0.29) is 5.41 Å². The van der Waals surface area contributed by atoms with Gasteiger partial charge >= 0.3 is 0 Å². The molecule has 1 heterocycles. The van der Waals surface area contributed by atoms with Crippen LogP contribution >= 0.6 is 0 Å². The quantitative estimate of drug-likeness (QED) is 0.155. The molecule has 8 aromatic carbocycles. The van der Waals surface area contributed by atoms with Crippen molar-refractivity contribution in [1.29, 1.82) is 0 Å². The monoisotopic (exact) mass is 744 g/mol. The average molecular weight is 745 g/mol. The Kier molecular flexibility index (Phi) is 8.80. The molecule has 0 radical (unpaired) electrons. The van der Waals surface area contributed by atoms with Crippen LogP contribution in [0.3, 0.4) is 0 Å². The number of rotatable bonds is 8. The van der Waals surface area contributed by atoms with E-state index in [1.54, 1.807) is 0 Å². The Hall–Kier alpha value is -7.43. The summed E-state index contributed by atoms with van der Waals surface area (Å²) in [4.78, 5) is 17.4. The number of fused-ring (bicyclic) bond motifs is 3. The van der Waals surface area contributed by atoms with Gasteiger partial charge in [0.15, 0.2) is 17.5 Å². The summed E-state index contributed by atoms with van der Waals surface area (Å²) in [6.07, 6.45) is 0. The molecule has 1 aliphatic carbocycles. The Bertz CT molecular complexity index is 2850. The third-order valence-electron chi connectivity index (χ3n) is 11.3. The van der Waals surface area contributed by atoms with E-state index in [2.05, 4.69) is 164 Å². The summed E-state index contributed by atoms with van der Waals surface area (Å²) in [6, 6.07) is 72.8. The maximum absolute atomic E-state index is 5.02. The van der Waals surface area contributed by atoms with Gasteiger partial charge in [-0.15, -0.1) is 0 Å². The molecule has 0 saturated carbocycles. The van der Waals surface area contributed by atoms with Crippen LogP contribution in [-0.2, 0) is 5.41 Å². The van der Waals surface area contributed by atoms with E-state index < -0.39 is 0 Å². The lowest BCUT2D eigenvalue weighted by Crippen LogP contribution is -2.16. The van der Waals surface area contributed by atoms with Crippen LogP contribution in [0, 0.1) is 0 Å². The molecule has 0 amide bonds. The minimum Gasteiger partial charge on any atom is -0.310 e. The average Bonchev–Trinajstić information content (AvgIpc) is 3.54. The van der Waals surface area contributed by atoms with Crippen molar-refractivity contribution in [2.45, 2.75) is 19.3 Å². The molecule has 0 fully saturated rings. The van der Waals surface area contributed by atoms with Gasteiger partial charge in [0.25, 0.3) is 0 Å². The van der Waals surface area contributed by atoms with E-state index in [1.807, 2.05) is 60.7 Å². The van der Waals surface area contributed by atoms with E-state index in [0.29, 0.717) is 17.5 Å². The van der Waals surface area contributed by atoms with Crippen LogP contribution < -0.4 is 4.90 Å². The second-order valence-electron chi connectivity index (χ2n) is 15.3. The van der Waals surface area contributed by atoms with Crippen molar-refractivity contribution in [3.05, 3.63) is 217 Å². The van der Waals surface area contributed by atoms with E-state index in [0.717, 1.165) is 44.9 Å². The van der Waals surface area contributed by atoms with Crippen LogP contribution in [0.25, 0.3) is 67.5 Å². The SMILES string of the molecule is CC1(C)c2ccccc2-c2c(N(c3ccc(-c4ccccc4)cc3)c3cccc(-c4cccc(-c5nc(-c6ccccc6)nc(-c6ccccc6)n5)c4)c3)cccc21. The lowest BCUT2D eigenvalue weighted by Gasteiger charge is -2.29. The largest absolute Gasteiger partial charge is 0.310 e. The Morgan fingerprint density at radius 1 is 0.345 bits per heavy atom. The molecule has 4 nitrogen and oxygen atoms in total. The highest BCUT2D eigenvalue weighted by molar-refractivity contribution is 5.95. The van der Waals surface area contributed by atoms with Gasteiger partial charge < -0.3 is 4.90 Å². The van der Waals surface area contributed by atoms with Crippen molar-refractivity contribution in [2.75, 3.05) is 4.90 Å². The Balaban J connectivity index is 1.10. The molecule has 9 aromatic rings. The van der Waals surface area contributed by atoms with Crippen molar-refractivity contribution in [1.82, 2.24) is 15.0 Å². The summed E-state index contributed by atoms with van der Waals surface area (Å²) < 4.78 is 0. The van der Waals surface area contributed by atoms with E-state index >= 15 is 0 Å². The maximum atomic E-state index is 5.02. The van der Waals surface area contributed by atoms with Gasteiger partial charge in [-0.1, -0.05) is 184 Å². The van der Waals surface area contributed by atoms with Gasteiger partial charge in [-0.2, -0.15) is 0 Å². The second kappa shape index (κ2) is 14.6. The first-order chi connectivity index (χ1) is 28.5. The zero-order valence-electron chi connectivity index (χ0n) is 32.4. The lowest BCUT2D eigenvalue weighted by atomic mass is 9.82. The molecule has 0 bridgehead atoms. The first-order valence-corrected chi connectivity index (χ1v) is 19.8. The topological polar surface area (TPSA) is 41.9 Å². The van der Waals surface area contributed by atoms with E-state index in [4.69, 9.17) is 15.0 Å². The fraction of sp³-hybridized carbons (Fsp3) is 0.0556. The predicted octanol–water partition coefficient (Wildman–Crippen LogP) is 14.0. The molecule has 58 heavy (non-hydrogen) atoms. The first kappa shape index (κ1) is 35.0. The van der Waals surface area contributed by atoms with Gasteiger partial charge in [-0.05, 0) is 75.3 Å². The number of aromatic nitrogens is 3. The van der Waals surface area contributed by atoms with Crippen LogP contribution in [0.4, 0.5) is 17.1 Å². The van der Waals surface area contributed by atoms with Gasteiger partial charge in [0, 0.05) is 39.0 Å². The highest BCUT2D eigenvalue weighted by atomic mass is 15.1. The van der Waals surface area contributed by atoms with Gasteiger partial charge in [-0.25, -0.2) is 15.0 Å². The summed E-state index contributed by atoms with van der Waals surface area (Å²) in [5, 5.41) is 0. The predicted molar refractivity (Wildman–Crippen MR) is 239 cm³/mol. The van der Waals surface area contributed by atoms with Crippen molar-refractivity contribution >= 4 is 17.1 Å². The van der Waals surface area contributed by atoms with Crippen LogP contribution in [0.15, 0.2) is 206 Å². The fourth-order valence-corrected chi connectivity index (χ4v) is 8.38. The summed E-state index contributed by atoms with van der Waals surface area (Å²) in [5.74, 6) is 1.92.